The van der Waals surface area contributed by atoms with Gasteiger partial charge < -0.3 is 10.6 Å². The van der Waals surface area contributed by atoms with Gasteiger partial charge in [-0.25, -0.2) is 4.79 Å². The number of urea groups is 1. The van der Waals surface area contributed by atoms with E-state index in [1.54, 1.807) is 0 Å². The molecule has 1 aliphatic heterocycles. The van der Waals surface area contributed by atoms with E-state index < -0.39 is 11.6 Å². The predicted octanol–water partition coefficient (Wildman–Crippen LogP) is 4.11. The van der Waals surface area contributed by atoms with Gasteiger partial charge in [0.1, 0.15) is 10.5 Å². The van der Waals surface area contributed by atoms with E-state index in [0.29, 0.717) is 28.3 Å². The number of amides is 4. The summed E-state index contributed by atoms with van der Waals surface area (Å²) in [5.74, 6) is -0.559. The minimum absolute atomic E-state index is 0.00440. The summed E-state index contributed by atoms with van der Waals surface area (Å²) in [5, 5.41) is 8.22. The fourth-order valence-corrected chi connectivity index (χ4v) is 7.00. The number of carbonyl (C=O) groups excluding carboxylic acids is 4. The highest BCUT2D eigenvalue weighted by molar-refractivity contribution is 7.17. The Balaban J connectivity index is 1.30. The van der Waals surface area contributed by atoms with Crippen molar-refractivity contribution in [3.05, 3.63) is 38.4 Å². The Bertz CT molecular complexity index is 1080. The highest BCUT2D eigenvalue weighted by Gasteiger charge is 2.52. The highest BCUT2D eigenvalue weighted by Crippen LogP contribution is 2.40. The van der Waals surface area contributed by atoms with Crippen LogP contribution in [0.1, 0.15) is 70.6 Å². The van der Waals surface area contributed by atoms with E-state index in [2.05, 4.69) is 10.6 Å². The van der Waals surface area contributed by atoms with Gasteiger partial charge in [-0.05, 0) is 55.5 Å². The number of fused-ring (bicyclic) bond motifs is 1. The summed E-state index contributed by atoms with van der Waals surface area (Å²) in [5.41, 5.74) is 0.910. The van der Waals surface area contributed by atoms with Crippen LogP contribution < -0.4 is 10.6 Å². The molecule has 2 fully saturated rings. The molecule has 1 saturated carbocycles. The molecule has 2 aromatic rings. The zero-order valence-corrected chi connectivity index (χ0v) is 19.3. The van der Waals surface area contributed by atoms with Crippen LogP contribution in [0.2, 0.25) is 0 Å². The average Bonchev–Trinajstić information content (AvgIpc) is 3.55. The second kappa shape index (κ2) is 8.44. The third kappa shape index (κ3) is 3.67. The van der Waals surface area contributed by atoms with Gasteiger partial charge in [0.15, 0.2) is 0 Å². The lowest BCUT2D eigenvalue weighted by atomic mass is 9.93. The van der Waals surface area contributed by atoms with Gasteiger partial charge in [0.25, 0.3) is 5.91 Å². The lowest BCUT2D eigenvalue weighted by Crippen LogP contribution is -2.44. The Labute approximate surface area is 194 Å². The summed E-state index contributed by atoms with van der Waals surface area (Å²) in [6, 6.07) is 3.25. The highest BCUT2D eigenvalue weighted by atomic mass is 32.1. The predicted molar refractivity (Wildman–Crippen MR) is 123 cm³/mol. The average molecular weight is 472 g/mol. The summed E-state index contributed by atoms with van der Waals surface area (Å²) in [4.78, 5) is 54.1. The largest absolute Gasteiger partial charge is 0.325 e. The number of imide groups is 1. The molecule has 5 rings (SSSR count). The molecule has 0 atom stereocenters. The number of aryl methyl sites for hydroxylation is 1. The van der Waals surface area contributed by atoms with Crippen LogP contribution in [0, 0.1) is 0 Å². The van der Waals surface area contributed by atoms with E-state index in [9.17, 15) is 19.2 Å². The standard InChI is InChI=1S/C23H25N3O4S2/c27-17(9-12-26-21(29)23(25-22(26)30)10-3-4-11-23)24-20-18(19(28)16-8-5-13-31-16)14-6-1-2-7-15(14)32-20/h5,8,13H,1-4,6-7,9-12H2,(H,24,27)(H,25,30). The fourth-order valence-electron chi connectivity index (χ4n) is 5.02. The summed E-state index contributed by atoms with van der Waals surface area (Å²) < 4.78 is 0. The molecular weight excluding hydrogens is 446 g/mol. The van der Waals surface area contributed by atoms with E-state index in [-0.39, 0.29) is 30.6 Å². The van der Waals surface area contributed by atoms with E-state index in [1.807, 2.05) is 17.5 Å². The Morgan fingerprint density at radius 1 is 1.12 bits per heavy atom. The first-order valence-electron chi connectivity index (χ1n) is 11.2. The number of hydrogen-bond donors (Lipinski definition) is 2. The number of nitrogens with one attached hydrogen (secondary N) is 2. The van der Waals surface area contributed by atoms with Crippen LogP contribution in [-0.4, -0.2) is 40.6 Å². The molecule has 0 aromatic carbocycles. The number of carbonyl (C=O) groups is 4. The molecule has 2 aromatic heterocycles. The van der Waals surface area contributed by atoms with Crippen molar-refractivity contribution in [2.75, 3.05) is 11.9 Å². The Morgan fingerprint density at radius 2 is 1.91 bits per heavy atom. The molecule has 3 aliphatic rings. The maximum atomic E-state index is 13.2. The SMILES string of the molecule is O=C(CCN1C(=O)NC2(CCCC2)C1=O)Nc1sc2c(c1C(=O)c1cccs1)CCCC2. The van der Waals surface area contributed by atoms with Crippen LogP contribution in [0.25, 0.3) is 0 Å². The first-order chi connectivity index (χ1) is 15.5. The molecule has 4 amide bonds. The van der Waals surface area contributed by atoms with Crippen LogP contribution >= 0.6 is 22.7 Å². The quantitative estimate of drug-likeness (QED) is 0.490. The number of hydrogen-bond acceptors (Lipinski definition) is 6. The number of ketones is 1. The van der Waals surface area contributed by atoms with Crippen molar-refractivity contribution in [2.24, 2.45) is 0 Å². The van der Waals surface area contributed by atoms with Crippen molar-refractivity contribution in [1.82, 2.24) is 10.2 Å². The monoisotopic (exact) mass is 471 g/mol. The van der Waals surface area contributed by atoms with Gasteiger partial charge in [-0.3, -0.25) is 19.3 Å². The molecule has 3 heterocycles. The second-order valence-corrected chi connectivity index (χ2v) is 10.7. The van der Waals surface area contributed by atoms with E-state index in [4.69, 9.17) is 0 Å². The number of anilines is 1. The van der Waals surface area contributed by atoms with Gasteiger partial charge in [-0.2, -0.15) is 0 Å². The maximum Gasteiger partial charge on any atom is 0.325 e. The van der Waals surface area contributed by atoms with Crippen molar-refractivity contribution < 1.29 is 19.2 Å². The van der Waals surface area contributed by atoms with Gasteiger partial charge >= 0.3 is 6.03 Å². The van der Waals surface area contributed by atoms with Gasteiger partial charge in [0.2, 0.25) is 11.7 Å². The third-order valence-electron chi connectivity index (χ3n) is 6.66. The molecule has 0 unspecified atom stereocenters. The van der Waals surface area contributed by atoms with Gasteiger partial charge in [-0.1, -0.05) is 18.9 Å². The van der Waals surface area contributed by atoms with Crippen LogP contribution in [0.4, 0.5) is 9.80 Å². The molecular formula is C23H25N3O4S2. The molecule has 2 N–H and O–H groups in total. The molecule has 1 spiro atoms. The molecule has 7 nitrogen and oxygen atoms in total. The normalized spacial score (nSPS) is 19.3. The Hall–Kier alpha value is -2.52. The molecule has 0 radical (unpaired) electrons. The van der Waals surface area contributed by atoms with Crippen molar-refractivity contribution >= 4 is 51.3 Å². The van der Waals surface area contributed by atoms with Gasteiger partial charge in [-0.15, -0.1) is 22.7 Å². The number of nitrogens with zero attached hydrogens (tertiary/aromatic N) is 1. The second-order valence-electron chi connectivity index (χ2n) is 8.70. The van der Waals surface area contributed by atoms with Gasteiger partial charge in [0, 0.05) is 17.8 Å². The zero-order chi connectivity index (χ0) is 22.3. The Kier molecular flexibility index (Phi) is 5.63. The van der Waals surface area contributed by atoms with Crippen LogP contribution in [0.15, 0.2) is 17.5 Å². The molecule has 9 heteroatoms. The number of rotatable bonds is 6. The van der Waals surface area contributed by atoms with Crippen LogP contribution in [0.3, 0.4) is 0 Å². The van der Waals surface area contributed by atoms with Crippen molar-refractivity contribution in [2.45, 2.75) is 63.3 Å². The lowest BCUT2D eigenvalue weighted by molar-refractivity contribution is -0.131. The summed E-state index contributed by atoms with van der Waals surface area (Å²) in [7, 11) is 0. The topological polar surface area (TPSA) is 95.6 Å². The van der Waals surface area contributed by atoms with Crippen molar-refractivity contribution in [1.29, 1.82) is 0 Å². The first-order valence-corrected chi connectivity index (χ1v) is 12.8. The van der Waals surface area contributed by atoms with Crippen molar-refractivity contribution in [3.63, 3.8) is 0 Å². The van der Waals surface area contributed by atoms with E-state index in [1.165, 1.54) is 32.5 Å². The van der Waals surface area contributed by atoms with Crippen LogP contribution in [-0.2, 0) is 22.4 Å². The summed E-state index contributed by atoms with van der Waals surface area (Å²) >= 11 is 2.88. The van der Waals surface area contributed by atoms with Gasteiger partial charge in [0.05, 0.1) is 10.4 Å². The summed E-state index contributed by atoms with van der Waals surface area (Å²) in [6.07, 6.45) is 7.06. The third-order valence-corrected chi connectivity index (χ3v) is 8.74. The lowest BCUT2D eigenvalue weighted by Gasteiger charge is -2.19. The smallest absolute Gasteiger partial charge is 0.323 e. The minimum Gasteiger partial charge on any atom is -0.323 e. The summed E-state index contributed by atoms with van der Waals surface area (Å²) in [6.45, 7) is 0.0392. The minimum atomic E-state index is -0.763. The molecule has 1 saturated heterocycles. The van der Waals surface area contributed by atoms with E-state index in [0.717, 1.165) is 44.1 Å². The number of thiophene rings is 2. The maximum absolute atomic E-state index is 13.2. The van der Waals surface area contributed by atoms with Crippen LogP contribution in [0.5, 0.6) is 0 Å². The molecule has 168 valence electrons. The Morgan fingerprint density at radius 3 is 2.66 bits per heavy atom. The first kappa shape index (κ1) is 21.3. The fraction of sp³-hybridized carbons (Fsp3) is 0.478. The molecule has 0 bridgehead atoms. The molecule has 2 aliphatic carbocycles. The van der Waals surface area contributed by atoms with E-state index >= 15 is 0 Å². The van der Waals surface area contributed by atoms with Crippen molar-refractivity contribution in [3.8, 4) is 0 Å². The molecule has 32 heavy (non-hydrogen) atoms. The zero-order valence-electron chi connectivity index (χ0n) is 17.7.